The summed E-state index contributed by atoms with van der Waals surface area (Å²) in [5, 5.41) is 3.26. The molecule has 1 aliphatic heterocycles. The normalized spacial score (nSPS) is 16.5. The number of thiazole rings is 1. The third kappa shape index (κ3) is 4.75. The number of hydrogen-bond acceptors (Lipinski definition) is 9. The molecule has 0 bridgehead atoms. The lowest BCUT2D eigenvalue weighted by Crippen LogP contribution is -2.47. The van der Waals surface area contributed by atoms with Gasteiger partial charge in [0, 0.05) is 57.8 Å². The van der Waals surface area contributed by atoms with Crippen LogP contribution in [0.5, 0.6) is 0 Å². The SMILES string of the molecule is CC(c1nc(N)nc(N(C)C)n1)N1CCN(Cc2csc(-c3ccccc3)n2)CC1. The van der Waals surface area contributed by atoms with Crippen molar-refractivity contribution in [2.45, 2.75) is 19.5 Å². The molecule has 1 unspecified atom stereocenters. The Balaban J connectivity index is 1.35. The molecule has 30 heavy (non-hydrogen) atoms. The molecule has 1 aromatic carbocycles. The number of nitrogens with zero attached hydrogens (tertiary/aromatic N) is 7. The van der Waals surface area contributed by atoms with E-state index in [0.717, 1.165) is 49.2 Å². The van der Waals surface area contributed by atoms with Crippen LogP contribution in [-0.2, 0) is 6.54 Å². The number of nitrogens with two attached hydrogens (primary N) is 1. The minimum absolute atomic E-state index is 0.0973. The van der Waals surface area contributed by atoms with E-state index in [1.165, 1.54) is 5.56 Å². The average molecular weight is 425 g/mol. The van der Waals surface area contributed by atoms with E-state index >= 15 is 0 Å². The van der Waals surface area contributed by atoms with Crippen LogP contribution in [-0.4, -0.2) is 70.0 Å². The quantitative estimate of drug-likeness (QED) is 0.646. The fourth-order valence-electron chi connectivity index (χ4n) is 3.58. The van der Waals surface area contributed by atoms with E-state index < -0.39 is 0 Å². The molecule has 0 saturated carbocycles. The summed E-state index contributed by atoms with van der Waals surface area (Å²) in [4.78, 5) is 24.7. The van der Waals surface area contributed by atoms with Crippen LogP contribution >= 0.6 is 11.3 Å². The second kappa shape index (κ2) is 9.03. The lowest BCUT2D eigenvalue weighted by molar-refractivity contribution is 0.0941. The molecule has 9 heteroatoms. The first-order valence-corrected chi connectivity index (χ1v) is 11.0. The van der Waals surface area contributed by atoms with Crippen LogP contribution in [0.1, 0.15) is 24.5 Å². The lowest BCUT2D eigenvalue weighted by Gasteiger charge is -2.37. The predicted molar refractivity (Wildman–Crippen MR) is 121 cm³/mol. The standard InChI is InChI=1S/C21H28N8S/c1-15(18-24-20(22)26-21(25-18)27(2)3)29-11-9-28(10-12-29)13-17-14-30-19(23-17)16-7-5-4-6-8-16/h4-8,14-15H,9-13H2,1-3H3,(H2,22,24,25,26). The van der Waals surface area contributed by atoms with Gasteiger partial charge in [-0.05, 0) is 6.92 Å². The molecule has 3 heterocycles. The largest absolute Gasteiger partial charge is 0.368 e. The molecule has 2 aromatic heterocycles. The van der Waals surface area contributed by atoms with Crippen molar-refractivity contribution in [3.8, 4) is 10.6 Å². The highest BCUT2D eigenvalue weighted by molar-refractivity contribution is 7.13. The van der Waals surface area contributed by atoms with Crippen molar-refractivity contribution in [1.82, 2.24) is 29.7 Å². The van der Waals surface area contributed by atoms with Gasteiger partial charge in [0.25, 0.3) is 0 Å². The predicted octanol–water partition coefficient (Wildman–Crippen LogP) is 2.52. The number of piperazine rings is 1. The molecule has 0 radical (unpaired) electrons. The Kier molecular flexibility index (Phi) is 6.21. The number of anilines is 2. The molecule has 158 valence electrons. The number of nitrogen functional groups attached to an aromatic ring is 1. The number of benzene rings is 1. The molecular weight excluding hydrogens is 396 g/mol. The second-order valence-electron chi connectivity index (χ2n) is 7.74. The minimum Gasteiger partial charge on any atom is -0.368 e. The molecule has 3 aromatic rings. The van der Waals surface area contributed by atoms with E-state index in [9.17, 15) is 0 Å². The zero-order valence-corrected chi connectivity index (χ0v) is 18.5. The molecule has 0 spiro atoms. The molecule has 1 atom stereocenters. The molecule has 1 fully saturated rings. The summed E-state index contributed by atoms with van der Waals surface area (Å²) in [6, 6.07) is 10.5. The van der Waals surface area contributed by atoms with E-state index in [1.54, 1.807) is 11.3 Å². The van der Waals surface area contributed by atoms with Crippen molar-refractivity contribution in [3.05, 3.63) is 47.2 Å². The minimum atomic E-state index is 0.0973. The Morgan fingerprint density at radius 2 is 1.77 bits per heavy atom. The third-order valence-electron chi connectivity index (χ3n) is 5.34. The summed E-state index contributed by atoms with van der Waals surface area (Å²) in [5.41, 5.74) is 8.22. The second-order valence-corrected chi connectivity index (χ2v) is 8.60. The summed E-state index contributed by atoms with van der Waals surface area (Å²) in [6.07, 6.45) is 0. The highest BCUT2D eigenvalue weighted by atomic mass is 32.1. The number of hydrogen-bond donors (Lipinski definition) is 1. The molecule has 8 nitrogen and oxygen atoms in total. The van der Waals surface area contributed by atoms with Crippen LogP contribution in [0.3, 0.4) is 0 Å². The van der Waals surface area contributed by atoms with Gasteiger partial charge in [0.1, 0.15) is 5.01 Å². The summed E-state index contributed by atoms with van der Waals surface area (Å²) >= 11 is 1.71. The smallest absolute Gasteiger partial charge is 0.229 e. The van der Waals surface area contributed by atoms with Gasteiger partial charge < -0.3 is 10.6 Å². The van der Waals surface area contributed by atoms with E-state index in [2.05, 4.69) is 61.3 Å². The van der Waals surface area contributed by atoms with Crippen molar-refractivity contribution in [2.75, 3.05) is 50.9 Å². The van der Waals surface area contributed by atoms with Gasteiger partial charge in [-0.2, -0.15) is 15.0 Å². The topological polar surface area (TPSA) is 87.3 Å². The Morgan fingerprint density at radius 3 is 2.47 bits per heavy atom. The van der Waals surface area contributed by atoms with Gasteiger partial charge >= 0.3 is 0 Å². The van der Waals surface area contributed by atoms with Gasteiger partial charge in [0.15, 0.2) is 5.82 Å². The Hall–Kier alpha value is -2.62. The summed E-state index contributed by atoms with van der Waals surface area (Å²) in [7, 11) is 3.81. The highest BCUT2D eigenvalue weighted by Crippen LogP contribution is 2.25. The first-order chi connectivity index (χ1) is 14.5. The Morgan fingerprint density at radius 1 is 1.03 bits per heavy atom. The Bertz CT molecular complexity index is 966. The molecule has 0 amide bonds. The Labute approximate surface area is 181 Å². The van der Waals surface area contributed by atoms with Gasteiger partial charge in [0.2, 0.25) is 11.9 Å². The van der Waals surface area contributed by atoms with Gasteiger partial charge in [0.05, 0.1) is 11.7 Å². The van der Waals surface area contributed by atoms with Gasteiger partial charge in [-0.15, -0.1) is 11.3 Å². The lowest BCUT2D eigenvalue weighted by atomic mass is 10.2. The molecule has 4 rings (SSSR count). The molecule has 1 aliphatic rings. The van der Waals surface area contributed by atoms with Crippen molar-refractivity contribution < 1.29 is 0 Å². The van der Waals surface area contributed by atoms with Crippen molar-refractivity contribution >= 4 is 23.2 Å². The zero-order valence-electron chi connectivity index (χ0n) is 17.7. The summed E-state index contributed by atoms with van der Waals surface area (Å²) in [6.45, 7) is 6.91. The summed E-state index contributed by atoms with van der Waals surface area (Å²) < 4.78 is 0. The monoisotopic (exact) mass is 424 g/mol. The average Bonchev–Trinajstić information content (AvgIpc) is 3.22. The van der Waals surface area contributed by atoms with Crippen molar-refractivity contribution in [3.63, 3.8) is 0 Å². The van der Waals surface area contributed by atoms with Crippen LogP contribution < -0.4 is 10.6 Å². The van der Waals surface area contributed by atoms with Crippen molar-refractivity contribution in [1.29, 1.82) is 0 Å². The number of aromatic nitrogens is 4. The molecule has 2 N–H and O–H groups in total. The fourth-order valence-corrected chi connectivity index (χ4v) is 4.40. The fraction of sp³-hybridized carbons (Fsp3) is 0.429. The maximum atomic E-state index is 5.89. The first kappa shape index (κ1) is 20.6. The van der Waals surface area contributed by atoms with E-state index in [4.69, 9.17) is 10.7 Å². The van der Waals surface area contributed by atoms with Crippen LogP contribution in [0.4, 0.5) is 11.9 Å². The maximum Gasteiger partial charge on any atom is 0.229 e. The third-order valence-corrected chi connectivity index (χ3v) is 6.28. The van der Waals surface area contributed by atoms with E-state index in [1.807, 2.05) is 25.1 Å². The van der Waals surface area contributed by atoms with Crippen LogP contribution in [0, 0.1) is 0 Å². The highest BCUT2D eigenvalue weighted by Gasteiger charge is 2.25. The van der Waals surface area contributed by atoms with E-state index in [-0.39, 0.29) is 12.0 Å². The van der Waals surface area contributed by atoms with Gasteiger partial charge in [-0.25, -0.2) is 4.98 Å². The first-order valence-electron chi connectivity index (χ1n) is 10.1. The van der Waals surface area contributed by atoms with Crippen LogP contribution in [0.15, 0.2) is 35.7 Å². The molecule has 0 aliphatic carbocycles. The van der Waals surface area contributed by atoms with Crippen LogP contribution in [0.2, 0.25) is 0 Å². The zero-order chi connectivity index (χ0) is 21.1. The van der Waals surface area contributed by atoms with Gasteiger partial charge in [-0.3, -0.25) is 9.80 Å². The van der Waals surface area contributed by atoms with Crippen molar-refractivity contribution in [2.24, 2.45) is 0 Å². The van der Waals surface area contributed by atoms with Gasteiger partial charge in [-0.1, -0.05) is 30.3 Å². The maximum absolute atomic E-state index is 5.89. The summed E-state index contributed by atoms with van der Waals surface area (Å²) in [5.74, 6) is 1.60. The van der Waals surface area contributed by atoms with Crippen LogP contribution in [0.25, 0.3) is 10.6 Å². The van der Waals surface area contributed by atoms with E-state index in [0.29, 0.717) is 5.95 Å². The number of rotatable bonds is 6. The molecular formula is C21H28N8S. The molecule has 1 saturated heterocycles.